The Bertz CT molecular complexity index is 482. The minimum atomic E-state index is 0.667. The van der Waals surface area contributed by atoms with E-state index in [1.807, 2.05) is 19.3 Å². The number of ether oxygens (including phenoxy) is 1. The Hall–Kier alpha value is -1.77. The Kier molecular flexibility index (Phi) is 3.47. The number of nitrogens with zero attached hydrogens (tertiary/aromatic N) is 2. The third kappa shape index (κ3) is 3.09. The highest BCUT2D eigenvalue weighted by molar-refractivity contribution is 5.32. The maximum Gasteiger partial charge on any atom is 0.119 e. The van der Waals surface area contributed by atoms with E-state index in [2.05, 4.69) is 41.6 Å². The van der Waals surface area contributed by atoms with Gasteiger partial charge in [0.25, 0.3) is 0 Å². The van der Waals surface area contributed by atoms with Crippen molar-refractivity contribution in [2.45, 2.75) is 27.3 Å². The zero-order chi connectivity index (χ0) is 12.3. The summed E-state index contributed by atoms with van der Waals surface area (Å²) in [4.78, 5) is 4.18. The highest BCUT2D eigenvalue weighted by Crippen LogP contribution is 2.16. The molecule has 3 heteroatoms. The zero-order valence-corrected chi connectivity index (χ0v) is 10.6. The number of aromatic nitrogens is 2. The van der Waals surface area contributed by atoms with E-state index in [1.54, 1.807) is 0 Å². The molecule has 1 aromatic heterocycles. The van der Waals surface area contributed by atoms with Gasteiger partial charge in [-0.05, 0) is 44.0 Å². The first-order valence-electron chi connectivity index (χ1n) is 5.84. The number of imidazole rings is 1. The molecule has 0 saturated heterocycles. The second kappa shape index (κ2) is 5.04. The summed E-state index contributed by atoms with van der Waals surface area (Å²) in [5.41, 5.74) is 2.47. The molecule has 3 nitrogen and oxygen atoms in total. The lowest BCUT2D eigenvalue weighted by atomic mass is 10.1. The fraction of sp³-hybridized carbons (Fsp3) is 0.357. The minimum Gasteiger partial charge on any atom is -0.492 e. The number of rotatable bonds is 4. The van der Waals surface area contributed by atoms with Crippen LogP contribution in [0.5, 0.6) is 5.75 Å². The molecule has 0 aliphatic rings. The van der Waals surface area contributed by atoms with E-state index in [0.29, 0.717) is 6.61 Å². The second-order valence-corrected chi connectivity index (χ2v) is 4.34. The maximum atomic E-state index is 5.75. The van der Waals surface area contributed by atoms with Crippen molar-refractivity contribution in [3.63, 3.8) is 0 Å². The Balaban J connectivity index is 1.92. The van der Waals surface area contributed by atoms with Crippen LogP contribution in [0.1, 0.15) is 17.0 Å². The summed E-state index contributed by atoms with van der Waals surface area (Å²) in [5, 5.41) is 0. The van der Waals surface area contributed by atoms with E-state index >= 15 is 0 Å². The van der Waals surface area contributed by atoms with E-state index in [9.17, 15) is 0 Å². The van der Waals surface area contributed by atoms with Crippen LogP contribution in [-0.2, 0) is 6.54 Å². The third-order valence-electron chi connectivity index (χ3n) is 2.72. The van der Waals surface area contributed by atoms with Gasteiger partial charge in [-0.25, -0.2) is 4.98 Å². The van der Waals surface area contributed by atoms with Crippen LogP contribution in [0.2, 0.25) is 0 Å². The van der Waals surface area contributed by atoms with Gasteiger partial charge >= 0.3 is 0 Å². The Labute approximate surface area is 102 Å². The molecule has 2 rings (SSSR count). The summed E-state index contributed by atoms with van der Waals surface area (Å²) < 4.78 is 7.83. The molecule has 2 aromatic rings. The largest absolute Gasteiger partial charge is 0.492 e. The first-order chi connectivity index (χ1) is 8.15. The molecule has 17 heavy (non-hydrogen) atoms. The summed E-state index contributed by atoms with van der Waals surface area (Å²) in [7, 11) is 0. The average Bonchev–Trinajstić information content (AvgIpc) is 2.63. The molecule has 0 aliphatic heterocycles. The molecule has 0 unspecified atom stereocenters. The summed E-state index contributed by atoms with van der Waals surface area (Å²) >= 11 is 0. The van der Waals surface area contributed by atoms with E-state index in [-0.39, 0.29) is 0 Å². The molecule has 0 radical (unpaired) electrons. The molecular formula is C14H18N2O. The van der Waals surface area contributed by atoms with Gasteiger partial charge in [0, 0.05) is 12.4 Å². The van der Waals surface area contributed by atoms with Gasteiger partial charge < -0.3 is 9.30 Å². The van der Waals surface area contributed by atoms with E-state index in [4.69, 9.17) is 4.74 Å². The Morgan fingerprint density at radius 2 is 1.82 bits per heavy atom. The number of hydrogen-bond acceptors (Lipinski definition) is 2. The van der Waals surface area contributed by atoms with E-state index in [1.165, 1.54) is 11.1 Å². The minimum absolute atomic E-state index is 0.667. The van der Waals surface area contributed by atoms with Crippen molar-refractivity contribution in [2.75, 3.05) is 6.61 Å². The predicted molar refractivity (Wildman–Crippen MR) is 68.4 cm³/mol. The summed E-state index contributed by atoms with van der Waals surface area (Å²) in [5.74, 6) is 1.97. The molecule has 0 N–H and O–H groups in total. The molecule has 0 fully saturated rings. The summed E-state index contributed by atoms with van der Waals surface area (Å²) in [6.45, 7) is 7.66. The van der Waals surface area contributed by atoms with Crippen molar-refractivity contribution < 1.29 is 4.74 Å². The van der Waals surface area contributed by atoms with Crippen LogP contribution >= 0.6 is 0 Å². The lowest BCUT2D eigenvalue weighted by Crippen LogP contribution is -2.08. The van der Waals surface area contributed by atoms with Crippen LogP contribution in [0.3, 0.4) is 0 Å². The van der Waals surface area contributed by atoms with Crippen LogP contribution < -0.4 is 4.74 Å². The lowest BCUT2D eigenvalue weighted by Gasteiger charge is -2.09. The van der Waals surface area contributed by atoms with Crippen molar-refractivity contribution >= 4 is 0 Å². The molecule has 0 atom stereocenters. The molecule has 0 aliphatic carbocycles. The van der Waals surface area contributed by atoms with Crippen molar-refractivity contribution in [3.8, 4) is 5.75 Å². The molecule has 1 heterocycles. The quantitative estimate of drug-likeness (QED) is 0.807. The number of benzene rings is 1. The van der Waals surface area contributed by atoms with Gasteiger partial charge in [-0.15, -0.1) is 0 Å². The van der Waals surface area contributed by atoms with Gasteiger partial charge in [-0.3, -0.25) is 0 Å². The molecule has 90 valence electrons. The van der Waals surface area contributed by atoms with Crippen molar-refractivity contribution in [1.82, 2.24) is 9.55 Å². The second-order valence-electron chi connectivity index (χ2n) is 4.34. The molecule has 0 amide bonds. The first-order valence-corrected chi connectivity index (χ1v) is 5.84. The van der Waals surface area contributed by atoms with Gasteiger partial charge in [0.05, 0.1) is 6.54 Å². The van der Waals surface area contributed by atoms with Gasteiger partial charge in [0.2, 0.25) is 0 Å². The highest BCUT2D eigenvalue weighted by Gasteiger charge is 1.99. The van der Waals surface area contributed by atoms with Crippen molar-refractivity contribution in [1.29, 1.82) is 0 Å². The summed E-state index contributed by atoms with van der Waals surface area (Å²) in [6, 6.07) is 6.27. The van der Waals surface area contributed by atoms with Gasteiger partial charge in [0.1, 0.15) is 18.2 Å². The van der Waals surface area contributed by atoms with Gasteiger partial charge in [-0.1, -0.05) is 6.07 Å². The highest BCUT2D eigenvalue weighted by atomic mass is 16.5. The van der Waals surface area contributed by atoms with Crippen molar-refractivity contribution in [3.05, 3.63) is 47.5 Å². The fourth-order valence-corrected chi connectivity index (χ4v) is 1.92. The number of aryl methyl sites for hydroxylation is 3. The molecule has 1 aromatic carbocycles. The average molecular weight is 230 g/mol. The van der Waals surface area contributed by atoms with Crippen LogP contribution in [0, 0.1) is 20.8 Å². The molecule has 0 spiro atoms. The van der Waals surface area contributed by atoms with Gasteiger partial charge in [-0.2, -0.15) is 0 Å². The Morgan fingerprint density at radius 3 is 2.41 bits per heavy atom. The fourth-order valence-electron chi connectivity index (χ4n) is 1.92. The number of hydrogen-bond donors (Lipinski definition) is 0. The van der Waals surface area contributed by atoms with E-state index in [0.717, 1.165) is 18.1 Å². The normalized spacial score (nSPS) is 10.5. The predicted octanol–water partition coefficient (Wildman–Crippen LogP) is 2.89. The topological polar surface area (TPSA) is 27.1 Å². The third-order valence-corrected chi connectivity index (χ3v) is 2.72. The zero-order valence-electron chi connectivity index (χ0n) is 10.6. The van der Waals surface area contributed by atoms with E-state index < -0.39 is 0 Å². The molecular weight excluding hydrogens is 212 g/mol. The van der Waals surface area contributed by atoms with Gasteiger partial charge in [0.15, 0.2) is 0 Å². The Morgan fingerprint density at radius 1 is 1.12 bits per heavy atom. The first kappa shape index (κ1) is 11.7. The molecule has 0 bridgehead atoms. The lowest BCUT2D eigenvalue weighted by molar-refractivity contribution is 0.296. The van der Waals surface area contributed by atoms with Crippen LogP contribution in [0.15, 0.2) is 30.6 Å². The van der Waals surface area contributed by atoms with Crippen molar-refractivity contribution in [2.24, 2.45) is 0 Å². The standard InChI is InChI=1S/C14H18N2O/c1-11-8-12(2)10-14(9-11)17-7-6-16-5-4-15-13(16)3/h4-5,8-10H,6-7H2,1-3H3. The monoisotopic (exact) mass is 230 g/mol. The van der Waals surface area contributed by atoms with Crippen LogP contribution in [-0.4, -0.2) is 16.2 Å². The van der Waals surface area contributed by atoms with Crippen LogP contribution in [0.25, 0.3) is 0 Å². The SMILES string of the molecule is Cc1cc(C)cc(OCCn2ccnc2C)c1. The summed E-state index contributed by atoms with van der Waals surface area (Å²) in [6.07, 6.45) is 3.78. The maximum absolute atomic E-state index is 5.75. The smallest absolute Gasteiger partial charge is 0.119 e. The molecule has 0 saturated carbocycles. The van der Waals surface area contributed by atoms with Crippen LogP contribution in [0.4, 0.5) is 0 Å².